The van der Waals surface area contributed by atoms with Crippen molar-refractivity contribution >= 4 is 34.2 Å². The van der Waals surface area contributed by atoms with Crippen molar-refractivity contribution in [3.63, 3.8) is 0 Å². The number of hydrogen-bond acceptors (Lipinski definition) is 2. The summed E-state index contributed by atoms with van der Waals surface area (Å²) in [5, 5.41) is 3.93. The van der Waals surface area contributed by atoms with E-state index in [1.807, 2.05) is 0 Å². The van der Waals surface area contributed by atoms with Crippen LogP contribution in [0, 0.1) is 0 Å². The lowest BCUT2D eigenvalue weighted by molar-refractivity contribution is 0.561. The number of unbranched alkanes of at least 4 members (excludes halogenated alkanes) is 1. The first-order valence-electron chi connectivity index (χ1n) is 5.08. The molecule has 0 saturated heterocycles. The van der Waals surface area contributed by atoms with Crippen LogP contribution in [0.4, 0.5) is 0 Å². The van der Waals surface area contributed by atoms with Crippen LogP contribution < -0.4 is 5.56 Å². The highest BCUT2D eigenvalue weighted by Gasteiger charge is 2.12. The molecule has 16 heavy (non-hydrogen) atoms. The lowest BCUT2D eigenvalue weighted by Gasteiger charge is -1.97. The second kappa shape index (κ2) is 4.47. The van der Waals surface area contributed by atoms with Crippen molar-refractivity contribution in [3.05, 3.63) is 26.6 Å². The average molecular weight is 260 g/mol. The highest BCUT2D eigenvalue weighted by molar-refractivity contribution is 6.37. The second-order valence-corrected chi connectivity index (χ2v) is 4.37. The van der Waals surface area contributed by atoms with Gasteiger partial charge in [-0.25, -0.2) is 4.98 Å². The molecule has 0 bridgehead atoms. The zero-order valence-electron chi connectivity index (χ0n) is 8.76. The van der Waals surface area contributed by atoms with Crippen molar-refractivity contribution in [2.24, 2.45) is 0 Å². The molecule has 0 unspecified atom stereocenters. The molecule has 0 amide bonds. The lowest BCUT2D eigenvalue weighted by atomic mass is 10.3. The summed E-state index contributed by atoms with van der Waals surface area (Å²) in [5.41, 5.74) is 0.302. The molecular formula is C10H11Cl2N3O. The standard InChI is InChI=1S/C10H11Cl2N3O/c1-2-3-4-15-10(16)8-6(11)5-7(12)13-9(8)14-15/h5H,2-4H2,1H3,(H,13,14). The fraction of sp³-hybridized carbons (Fsp3) is 0.400. The molecule has 0 atom stereocenters. The zero-order valence-corrected chi connectivity index (χ0v) is 10.3. The molecule has 4 nitrogen and oxygen atoms in total. The van der Waals surface area contributed by atoms with Crippen LogP contribution in [0.5, 0.6) is 0 Å². The van der Waals surface area contributed by atoms with Gasteiger partial charge in [0, 0.05) is 6.54 Å². The number of aryl methyl sites for hydroxylation is 1. The molecule has 6 heteroatoms. The van der Waals surface area contributed by atoms with Crippen LogP contribution >= 0.6 is 23.2 Å². The Morgan fingerprint density at radius 2 is 2.25 bits per heavy atom. The summed E-state index contributed by atoms with van der Waals surface area (Å²) in [4.78, 5) is 16.0. The molecule has 2 aromatic heterocycles. The quantitative estimate of drug-likeness (QED) is 0.862. The maximum Gasteiger partial charge on any atom is 0.277 e. The van der Waals surface area contributed by atoms with Crippen molar-refractivity contribution in [3.8, 4) is 0 Å². The molecule has 0 aliphatic rings. The number of hydrogen-bond donors (Lipinski definition) is 1. The molecule has 2 aromatic rings. The van der Waals surface area contributed by atoms with E-state index in [-0.39, 0.29) is 10.7 Å². The minimum Gasteiger partial charge on any atom is -0.278 e. The van der Waals surface area contributed by atoms with E-state index in [4.69, 9.17) is 23.2 Å². The Kier molecular flexibility index (Phi) is 3.21. The van der Waals surface area contributed by atoms with Crippen LogP contribution in [0.15, 0.2) is 10.9 Å². The number of nitrogens with zero attached hydrogens (tertiary/aromatic N) is 2. The highest BCUT2D eigenvalue weighted by atomic mass is 35.5. The molecule has 0 fully saturated rings. The molecular weight excluding hydrogens is 249 g/mol. The topological polar surface area (TPSA) is 50.7 Å². The van der Waals surface area contributed by atoms with E-state index in [1.165, 1.54) is 10.7 Å². The van der Waals surface area contributed by atoms with Gasteiger partial charge in [0.25, 0.3) is 5.56 Å². The fourth-order valence-electron chi connectivity index (χ4n) is 1.56. The smallest absolute Gasteiger partial charge is 0.277 e. The summed E-state index contributed by atoms with van der Waals surface area (Å²) in [5.74, 6) is 0. The SMILES string of the molecule is CCCCn1[nH]c2nc(Cl)cc(Cl)c2c1=O. The summed E-state index contributed by atoms with van der Waals surface area (Å²) >= 11 is 11.7. The highest BCUT2D eigenvalue weighted by Crippen LogP contribution is 2.21. The van der Waals surface area contributed by atoms with Crippen molar-refractivity contribution in [1.29, 1.82) is 0 Å². The number of aromatic amines is 1. The van der Waals surface area contributed by atoms with Gasteiger partial charge >= 0.3 is 0 Å². The minimum absolute atomic E-state index is 0.141. The first-order valence-corrected chi connectivity index (χ1v) is 5.83. The molecule has 86 valence electrons. The Labute approximate surface area is 102 Å². The van der Waals surface area contributed by atoms with E-state index in [0.29, 0.717) is 22.6 Å². The summed E-state index contributed by atoms with van der Waals surface area (Å²) in [6, 6.07) is 1.48. The van der Waals surface area contributed by atoms with Crippen LogP contribution in [0.3, 0.4) is 0 Å². The Balaban J connectivity index is 2.59. The van der Waals surface area contributed by atoms with Gasteiger partial charge in [0.05, 0.1) is 5.02 Å². The normalized spacial score (nSPS) is 11.2. The second-order valence-electron chi connectivity index (χ2n) is 3.57. The Hall–Kier alpha value is -1.00. The van der Waals surface area contributed by atoms with Gasteiger partial charge < -0.3 is 0 Å². The predicted molar refractivity (Wildman–Crippen MR) is 65.3 cm³/mol. The predicted octanol–water partition coefficient (Wildman–Crippen LogP) is 2.83. The third-order valence-electron chi connectivity index (χ3n) is 2.38. The number of H-pyrrole nitrogens is 1. The number of nitrogens with one attached hydrogen (secondary N) is 1. The number of pyridine rings is 1. The van der Waals surface area contributed by atoms with Crippen molar-refractivity contribution in [2.75, 3.05) is 0 Å². The van der Waals surface area contributed by atoms with Gasteiger partial charge in [0.1, 0.15) is 10.5 Å². The van der Waals surface area contributed by atoms with Crippen LogP contribution in [0.2, 0.25) is 10.2 Å². The van der Waals surface area contributed by atoms with Gasteiger partial charge in [-0.05, 0) is 12.5 Å². The molecule has 0 aromatic carbocycles. The minimum atomic E-state index is -0.141. The van der Waals surface area contributed by atoms with E-state index in [9.17, 15) is 4.79 Å². The maximum absolute atomic E-state index is 11.9. The monoisotopic (exact) mass is 259 g/mol. The number of aromatic nitrogens is 3. The van der Waals surface area contributed by atoms with E-state index in [2.05, 4.69) is 17.0 Å². The van der Waals surface area contributed by atoms with Crippen LogP contribution in [0.1, 0.15) is 19.8 Å². The lowest BCUT2D eigenvalue weighted by Crippen LogP contribution is -2.16. The molecule has 1 N–H and O–H groups in total. The van der Waals surface area contributed by atoms with E-state index in [1.54, 1.807) is 0 Å². The van der Waals surface area contributed by atoms with Gasteiger partial charge in [-0.3, -0.25) is 14.6 Å². The van der Waals surface area contributed by atoms with E-state index < -0.39 is 0 Å². The molecule has 0 saturated carbocycles. The van der Waals surface area contributed by atoms with Crippen molar-refractivity contribution in [1.82, 2.24) is 14.8 Å². The summed E-state index contributed by atoms with van der Waals surface area (Å²) in [6.45, 7) is 2.70. The van der Waals surface area contributed by atoms with Crippen LogP contribution in [-0.4, -0.2) is 14.8 Å². The van der Waals surface area contributed by atoms with E-state index in [0.717, 1.165) is 12.8 Å². The number of rotatable bonds is 3. The summed E-state index contributed by atoms with van der Waals surface area (Å²) in [6.07, 6.45) is 1.95. The third-order valence-corrected chi connectivity index (χ3v) is 2.87. The van der Waals surface area contributed by atoms with Crippen LogP contribution in [-0.2, 0) is 6.54 Å². The first-order chi connectivity index (χ1) is 7.63. The summed E-state index contributed by atoms with van der Waals surface area (Å²) in [7, 11) is 0. The van der Waals surface area contributed by atoms with E-state index >= 15 is 0 Å². The van der Waals surface area contributed by atoms with Crippen LogP contribution in [0.25, 0.3) is 11.0 Å². The van der Waals surface area contributed by atoms with Gasteiger partial charge in [-0.2, -0.15) is 0 Å². The van der Waals surface area contributed by atoms with Gasteiger partial charge in [0.15, 0.2) is 5.65 Å². The zero-order chi connectivity index (χ0) is 11.7. The molecule has 0 radical (unpaired) electrons. The number of halogens is 2. The Bertz CT molecular complexity index is 573. The molecule has 2 heterocycles. The largest absolute Gasteiger partial charge is 0.278 e. The number of fused-ring (bicyclic) bond motifs is 1. The van der Waals surface area contributed by atoms with Gasteiger partial charge in [-0.15, -0.1) is 0 Å². The van der Waals surface area contributed by atoms with Gasteiger partial charge in [-0.1, -0.05) is 36.5 Å². The van der Waals surface area contributed by atoms with Gasteiger partial charge in [0.2, 0.25) is 0 Å². The average Bonchev–Trinajstić information content (AvgIpc) is 2.52. The Morgan fingerprint density at radius 3 is 2.94 bits per heavy atom. The molecule has 0 aliphatic heterocycles. The summed E-state index contributed by atoms with van der Waals surface area (Å²) < 4.78 is 1.52. The third kappa shape index (κ3) is 1.95. The maximum atomic E-state index is 11.9. The Morgan fingerprint density at radius 1 is 1.50 bits per heavy atom. The van der Waals surface area contributed by atoms with Crippen molar-refractivity contribution in [2.45, 2.75) is 26.3 Å². The fourth-order valence-corrected chi connectivity index (χ4v) is 2.08. The molecule has 0 spiro atoms. The first kappa shape index (κ1) is 11.5. The van der Waals surface area contributed by atoms with Crippen molar-refractivity contribution < 1.29 is 0 Å². The molecule has 2 rings (SSSR count). The molecule has 0 aliphatic carbocycles.